The normalized spacial score (nSPS) is 16.9. The summed E-state index contributed by atoms with van der Waals surface area (Å²) in [5.41, 5.74) is 6.68. The third kappa shape index (κ3) is 10.5. The third-order valence-corrected chi connectivity index (χ3v) is 3.00. The summed E-state index contributed by atoms with van der Waals surface area (Å²) in [7, 11) is 0. The minimum absolute atomic E-state index is 0.201. The number of anilines is 1. The second-order valence-corrected chi connectivity index (χ2v) is 5.32. The summed E-state index contributed by atoms with van der Waals surface area (Å²) in [5.74, 6) is -5.80. The van der Waals surface area contributed by atoms with Crippen LogP contribution in [0.1, 0.15) is 12.8 Å². The molecule has 160 valence electrons. The van der Waals surface area contributed by atoms with Gasteiger partial charge in [0, 0.05) is 25.2 Å². The number of carboxylic acids is 2. The molecule has 0 bridgehead atoms. The number of halogens is 7. The zero-order chi connectivity index (χ0) is 22.1. The van der Waals surface area contributed by atoms with Gasteiger partial charge in [0.25, 0.3) is 0 Å². The minimum atomic E-state index is -5.08. The topological polar surface area (TPSA) is 117 Å². The molecule has 0 saturated carbocycles. The van der Waals surface area contributed by atoms with Crippen molar-refractivity contribution in [3.05, 3.63) is 24.3 Å². The Morgan fingerprint density at radius 2 is 1.54 bits per heavy atom. The van der Waals surface area contributed by atoms with E-state index in [0.29, 0.717) is 0 Å². The Morgan fingerprint density at radius 1 is 1.07 bits per heavy atom. The molecule has 14 heteroatoms. The zero-order valence-electron chi connectivity index (χ0n) is 14.0. The van der Waals surface area contributed by atoms with Crippen LogP contribution in [-0.4, -0.2) is 58.6 Å². The molecule has 0 spiro atoms. The molecule has 7 nitrogen and oxygen atoms in total. The molecule has 1 aromatic heterocycles. The van der Waals surface area contributed by atoms with Gasteiger partial charge in [-0.25, -0.2) is 14.0 Å². The summed E-state index contributed by atoms with van der Waals surface area (Å²) in [6, 6.07) is 1.71. The van der Waals surface area contributed by atoms with Crippen molar-refractivity contribution < 1.29 is 50.5 Å². The van der Waals surface area contributed by atoms with Crippen LogP contribution in [0.25, 0.3) is 0 Å². The van der Waals surface area contributed by atoms with E-state index in [2.05, 4.69) is 9.88 Å². The average Bonchev–Trinajstić information content (AvgIpc) is 2.54. The first-order valence-corrected chi connectivity index (χ1v) is 7.36. The number of nitrogens with zero attached hydrogens (tertiary/aromatic N) is 2. The summed E-state index contributed by atoms with van der Waals surface area (Å²) in [6.07, 6.45) is -5.15. The van der Waals surface area contributed by atoms with E-state index in [9.17, 15) is 30.7 Å². The van der Waals surface area contributed by atoms with E-state index in [4.69, 9.17) is 25.5 Å². The van der Waals surface area contributed by atoms with Gasteiger partial charge >= 0.3 is 24.3 Å². The molecule has 2 rings (SSSR count). The largest absolute Gasteiger partial charge is 0.490 e. The summed E-state index contributed by atoms with van der Waals surface area (Å²) < 4.78 is 76.4. The fourth-order valence-electron chi connectivity index (χ4n) is 1.82. The monoisotopic (exact) mass is 423 g/mol. The molecule has 0 unspecified atom stereocenters. The summed E-state index contributed by atoms with van der Waals surface area (Å²) >= 11 is 0. The van der Waals surface area contributed by atoms with E-state index in [1.807, 2.05) is 0 Å². The van der Waals surface area contributed by atoms with Crippen molar-refractivity contribution >= 4 is 17.6 Å². The second-order valence-electron chi connectivity index (χ2n) is 5.32. The molecule has 0 amide bonds. The number of hydrogen-bond acceptors (Lipinski definition) is 5. The molecule has 1 aromatic rings. The molecule has 1 aliphatic rings. The van der Waals surface area contributed by atoms with E-state index in [0.717, 1.165) is 31.6 Å². The lowest BCUT2D eigenvalue weighted by molar-refractivity contribution is -0.193. The van der Waals surface area contributed by atoms with Crippen molar-refractivity contribution in [1.82, 2.24) is 4.98 Å². The maximum absolute atomic E-state index is 12.9. The molecule has 2 heterocycles. The number of carbonyl (C=O) groups is 2. The molecule has 4 N–H and O–H groups in total. The number of hydrogen-bond donors (Lipinski definition) is 3. The van der Waals surface area contributed by atoms with Gasteiger partial charge in [-0.3, -0.25) is 4.98 Å². The Bertz CT molecular complexity index is 629. The van der Waals surface area contributed by atoms with Crippen LogP contribution in [0.5, 0.6) is 0 Å². The number of aromatic nitrogens is 1. The Kier molecular flexibility index (Phi) is 9.63. The molecule has 1 fully saturated rings. The minimum Gasteiger partial charge on any atom is -0.475 e. The van der Waals surface area contributed by atoms with Gasteiger partial charge in [0.05, 0.1) is 18.1 Å². The lowest BCUT2D eigenvalue weighted by atomic mass is 10.1. The summed E-state index contributed by atoms with van der Waals surface area (Å²) in [6.45, 7) is 1.74. The van der Waals surface area contributed by atoms with Crippen LogP contribution in [-0.2, 0) is 9.59 Å². The molecule has 28 heavy (non-hydrogen) atoms. The summed E-state index contributed by atoms with van der Waals surface area (Å²) in [4.78, 5) is 23.7. The van der Waals surface area contributed by atoms with Gasteiger partial charge in [0.1, 0.15) is 5.82 Å². The Morgan fingerprint density at radius 3 is 1.89 bits per heavy atom. The van der Waals surface area contributed by atoms with Crippen LogP contribution in [0.15, 0.2) is 18.5 Å². The number of pyridine rings is 1. The molecule has 0 aliphatic carbocycles. The average molecular weight is 423 g/mol. The van der Waals surface area contributed by atoms with E-state index < -0.39 is 24.3 Å². The predicted octanol–water partition coefficient (Wildman–Crippen LogP) is 2.41. The maximum atomic E-state index is 12.9. The molecule has 0 radical (unpaired) electrons. The van der Waals surface area contributed by atoms with Crippen LogP contribution in [0.2, 0.25) is 0 Å². The lowest BCUT2D eigenvalue weighted by Gasteiger charge is -2.32. The Labute approximate surface area is 153 Å². The Balaban J connectivity index is 0.000000444. The van der Waals surface area contributed by atoms with Crippen LogP contribution < -0.4 is 10.6 Å². The van der Waals surface area contributed by atoms with Crippen LogP contribution in [0, 0.1) is 5.82 Å². The maximum Gasteiger partial charge on any atom is 0.490 e. The zero-order valence-corrected chi connectivity index (χ0v) is 14.0. The van der Waals surface area contributed by atoms with Gasteiger partial charge < -0.3 is 20.8 Å². The van der Waals surface area contributed by atoms with Gasteiger partial charge in [-0.2, -0.15) is 26.3 Å². The van der Waals surface area contributed by atoms with Crippen LogP contribution >= 0.6 is 0 Å². The smallest absolute Gasteiger partial charge is 0.475 e. The fraction of sp³-hybridized carbons (Fsp3) is 0.500. The van der Waals surface area contributed by atoms with E-state index in [1.165, 1.54) is 12.3 Å². The molecule has 1 atom stereocenters. The van der Waals surface area contributed by atoms with Gasteiger partial charge in [-0.05, 0) is 12.8 Å². The highest BCUT2D eigenvalue weighted by Gasteiger charge is 2.38. The predicted molar refractivity (Wildman–Crippen MR) is 81.0 cm³/mol. The number of carboxylic acid groups (broad SMARTS) is 2. The van der Waals surface area contributed by atoms with E-state index >= 15 is 0 Å². The van der Waals surface area contributed by atoms with Crippen molar-refractivity contribution in [2.45, 2.75) is 31.2 Å². The van der Waals surface area contributed by atoms with Crippen molar-refractivity contribution in [2.24, 2.45) is 5.73 Å². The highest BCUT2D eigenvalue weighted by molar-refractivity contribution is 5.73. The molecular weight excluding hydrogens is 407 g/mol. The highest BCUT2D eigenvalue weighted by atomic mass is 19.4. The molecule has 1 aliphatic heterocycles. The first kappa shape index (κ1) is 25.4. The van der Waals surface area contributed by atoms with E-state index in [1.54, 1.807) is 6.20 Å². The van der Waals surface area contributed by atoms with Crippen molar-refractivity contribution in [3.63, 3.8) is 0 Å². The molecular formula is C14H16F7N3O4. The number of nitrogens with two attached hydrogens (primary N) is 1. The quantitative estimate of drug-likeness (QED) is 0.594. The van der Waals surface area contributed by atoms with Gasteiger partial charge in [-0.1, -0.05) is 0 Å². The standard InChI is InChI=1S/C10H14FN3.2C2HF3O2/c11-8-4-10(6-13-5-8)14-3-1-2-9(12)7-14;2*3-2(4,5)1(6)7/h4-6,9H,1-3,7,12H2;2*(H,6,7)/t9-;;/m0../s1. The fourth-order valence-corrected chi connectivity index (χ4v) is 1.82. The first-order valence-electron chi connectivity index (χ1n) is 7.36. The number of alkyl halides is 6. The number of piperidine rings is 1. The second kappa shape index (κ2) is 10.6. The van der Waals surface area contributed by atoms with Crippen LogP contribution in [0.4, 0.5) is 36.4 Å². The lowest BCUT2D eigenvalue weighted by Crippen LogP contribution is -2.42. The van der Waals surface area contributed by atoms with Crippen molar-refractivity contribution in [3.8, 4) is 0 Å². The van der Waals surface area contributed by atoms with Gasteiger partial charge in [0.2, 0.25) is 0 Å². The molecule has 1 saturated heterocycles. The third-order valence-electron chi connectivity index (χ3n) is 3.00. The van der Waals surface area contributed by atoms with Crippen molar-refractivity contribution in [1.29, 1.82) is 0 Å². The van der Waals surface area contributed by atoms with Crippen molar-refractivity contribution in [2.75, 3.05) is 18.0 Å². The number of rotatable bonds is 1. The first-order chi connectivity index (χ1) is 12.6. The van der Waals surface area contributed by atoms with Crippen LogP contribution in [0.3, 0.4) is 0 Å². The number of aliphatic carboxylic acids is 2. The SMILES string of the molecule is N[C@H]1CCCN(c2cncc(F)c2)C1.O=C(O)C(F)(F)F.O=C(O)C(F)(F)F. The van der Waals surface area contributed by atoms with Gasteiger partial charge in [0.15, 0.2) is 0 Å². The Hall–Kier alpha value is -2.64. The highest BCUT2D eigenvalue weighted by Crippen LogP contribution is 2.18. The van der Waals surface area contributed by atoms with Gasteiger partial charge in [-0.15, -0.1) is 0 Å². The van der Waals surface area contributed by atoms with E-state index in [-0.39, 0.29) is 11.9 Å². The molecule has 0 aromatic carbocycles. The summed E-state index contributed by atoms with van der Waals surface area (Å²) in [5, 5.41) is 14.2.